The molecule has 1 aromatic carbocycles. The van der Waals surface area contributed by atoms with E-state index in [1.54, 1.807) is 12.1 Å². The van der Waals surface area contributed by atoms with Crippen LogP contribution in [-0.4, -0.2) is 28.9 Å². The number of likely N-dealkylation sites (tertiary alicyclic amines) is 1. The summed E-state index contributed by atoms with van der Waals surface area (Å²) >= 11 is 12.3. The second-order valence-electron chi connectivity index (χ2n) is 4.86. The number of aromatic nitrogens is 1. The Kier molecular flexibility index (Phi) is 3.42. The molecule has 0 aliphatic carbocycles. The van der Waals surface area contributed by atoms with Crippen molar-refractivity contribution in [1.29, 1.82) is 0 Å². The lowest BCUT2D eigenvalue weighted by Gasteiger charge is -2.26. The Morgan fingerprint density at radius 1 is 1.16 bits per heavy atom. The predicted molar refractivity (Wildman–Crippen MR) is 78.1 cm³/mol. The van der Waals surface area contributed by atoms with Crippen LogP contribution in [0.4, 0.5) is 0 Å². The van der Waals surface area contributed by atoms with Gasteiger partial charge in [0.1, 0.15) is 5.69 Å². The highest BCUT2D eigenvalue weighted by Crippen LogP contribution is 2.30. The Morgan fingerprint density at radius 3 is 2.63 bits per heavy atom. The molecular weight excluding hydrogens is 283 g/mol. The number of carbonyl (C=O) groups excluding carboxylic acids is 1. The molecule has 2 heterocycles. The lowest BCUT2D eigenvalue weighted by Crippen LogP contribution is -2.35. The molecule has 0 saturated carbocycles. The summed E-state index contributed by atoms with van der Waals surface area (Å²) in [6.45, 7) is 1.62. The van der Waals surface area contributed by atoms with Crippen LogP contribution in [0.15, 0.2) is 18.2 Å². The van der Waals surface area contributed by atoms with E-state index in [-0.39, 0.29) is 5.91 Å². The van der Waals surface area contributed by atoms with Crippen molar-refractivity contribution in [3.05, 3.63) is 33.9 Å². The van der Waals surface area contributed by atoms with Gasteiger partial charge < -0.3 is 9.88 Å². The van der Waals surface area contributed by atoms with E-state index >= 15 is 0 Å². The van der Waals surface area contributed by atoms with Crippen LogP contribution in [0.2, 0.25) is 10.0 Å². The molecule has 19 heavy (non-hydrogen) atoms. The Bertz CT molecular complexity index is 630. The average molecular weight is 297 g/mol. The van der Waals surface area contributed by atoms with Gasteiger partial charge in [0, 0.05) is 29.0 Å². The van der Waals surface area contributed by atoms with Crippen LogP contribution in [0.3, 0.4) is 0 Å². The molecule has 2 aromatic rings. The van der Waals surface area contributed by atoms with Gasteiger partial charge in [0.25, 0.3) is 5.91 Å². The molecule has 1 fully saturated rings. The number of rotatable bonds is 1. The standard InChI is InChI=1S/C14H14Cl2N2O/c15-9-4-5-11-10(8-9)12(16)13(17-11)14(19)18-6-2-1-3-7-18/h4-5,8,17H,1-3,6-7H2. The van der Waals surface area contributed by atoms with Gasteiger partial charge in [-0.05, 0) is 37.5 Å². The van der Waals surface area contributed by atoms with Crippen molar-refractivity contribution < 1.29 is 4.79 Å². The third kappa shape index (κ3) is 2.33. The second kappa shape index (κ2) is 5.06. The lowest BCUT2D eigenvalue weighted by atomic mass is 10.1. The number of piperidine rings is 1. The van der Waals surface area contributed by atoms with Crippen LogP contribution in [0.5, 0.6) is 0 Å². The summed E-state index contributed by atoms with van der Waals surface area (Å²) < 4.78 is 0. The number of carbonyl (C=O) groups is 1. The largest absolute Gasteiger partial charge is 0.349 e. The Morgan fingerprint density at radius 2 is 1.89 bits per heavy atom. The first-order valence-electron chi connectivity index (χ1n) is 6.43. The fourth-order valence-electron chi connectivity index (χ4n) is 2.53. The van der Waals surface area contributed by atoms with Crippen molar-refractivity contribution >= 4 is 40.0 Å². The molecule has 0 spiro atoms. The third-order valence-electron chi connectivity index (χ3n) is 3.55. The van der Waals surface area contributed by atoms with Gasteiger partial charge in [0.05, 0.1) is 5.02 Å². The van der Waals surface area contributed by atoms with Crippen molar-refractivity contribution in [2.24, 2.45) is 0 Å². The monoisotopic (exact) mass is 296 g/mol. The summed E-state index contributed by atoms with van der Waals surface area (Å²) in [6.07, 6.45) is 3.32. The zero-order valence-electron chi connectivity index (χ0n) is 10.4. The van der Waals surface area contributed by atoms with Crippen molar-refractivity contribution in [3.63, 3.8) is 0 Å². The summed E-state index contributed by atoms with van der Waals surface area (Å²) in [7, 11) is 0. The Balaban J connectivity index is 2.00. The third-order valence-corrected chi connectivity index (χ3v) is 4.18. The number of nitrogens with one attached hydrogen (secondary N) is 1. The summed E-state index contributed by atoms with van der Waals surface area (Å²) in [5.74, 6) is -0.0166. The first-order valence-corrected chi connectivity index (χ1v) is 7.18. The average Bonchev–Trinajstić information content (AvgIpc) is 2.76. The topological polar surface area (TPSA) is 36.1 Å². The molecule has 3 nitrogen and oxygen atoms in total. The van der Waals surface area contributed by atoms with Gasteiger partial charge in [-0.25, -0.2) is 0 Å². The van der Waals surface area contributed by atoms with Crippen molar-refractivity contribution in [1.82, 2.24) is 9.88 Å². The molecule has 5 heteroatoms. The van der Waals surface area contributed by atoms with Crippen molar-refractivity contribution in [2.45, 2.75) is 19.3 Å². The maximum atomic E-state index is 12.5. The van der Waals surface area contributed by atoms with Gasteiger partial charge in [-0.3, -0.25) is 4.79 Å². The van der Waals surface area contributed by atoms with E-state index in [0.29, 0.717) is 15.7 Å². The van der Waals surface area contributed by atoms with E-state index in [0.717, 1.165) is 36.8 Å². The highest BCUT2D eigenvalue weighted by Gasteiger charge is 2.23. The first kappa shape index (κ1) is 12.8. The van der Waals surface area contributed by atoms with E-state index in [4.69, 9.17) is 23.2 Å². The van der Waals surface area contributed by atoms with Gasteiger partial charge in [0.2, 0.25) is 0 Å². The predicted octanol–water partition coefficient (Wildman–Crippen LogP) is 4.10. The second-order valence-corrected chi connectivity index (χ2v) is 5.67. The number of amides is 1. The Hall–Kier alpha value is -1.19. The number of hydrogen-bond acceptors (Lipinski definition) is 1. The molecule has 1 aliphatic heterocycles. The maximum Gasteiger partial charge on any atom is 0.271 e. The summed E-state index contributed by atoms with van der Waals surface area (Å²) in [5.41, 5.74) is 1.32. The van der Waals surface area contributed by atoms with Crippen molar-refractivity contribution in [3.8, 4) is 0 Å². The molecule has 1 aliphatic rings. The number of H-pyrrole nitrogens is 1. The number of halogens is 2. The molecule has 1 aromatic heterocycles. The molecule has 0 radical (unpaired) electrons. The molecule has 0 atom stereocenters. The molecular formula is C14H14Cl2N2O. The van der Waals surface area contributed by atoms with Gasteiger partial charge in [-0.15, -0.1) is 0 Å². The number of benzene rings is 1. The summed E-state index contributed by atoms with van der Waals surface area (Å²) in [5, 5.41) is 1.88. The van der Waals surface area contributed by atoms with Crippen LogP contribution in [0, 0.1) is 0 Å². The number of aromatic amines is 1. The minimum Gasteiger partial charge on any atom is -0.349 e. The lowest BCUT2D eigenvalue weighted by molar-refractivity contribution is 0.0719. The molecule has 100 valence electrons. The molecule has 0 bridgehead atoms. The number of fused-ring (bicyclic) bond motifs is 1. The van der Waals surface area contributed by atoms with Crippen LogP contribution >= 0.6 is 23.2 Å². The zero-order chi connectivity index (χ0) is 13.4. The Labute approximate surface area is 121 Å². The van der Waals surface area contributed by atoms with E-state index in [9.17, 15) is 4.79 Å². The zero-order valence-corrected chi connectivity index (χ0v) is 11.9. The smallest absolute Gasteiger partial charge is 0.271 e. The fourth-order valence-corrected chi connectivity index (χ4v) is 2.99. The molecule has 1 N–H and O–H groups in total. The first-order chi connectivity index (χ1) is 9.16. The summed E-state index contributed by atoms with van der Waals surface area (Å²) in [4.78, 5) is 17.4. The summed E-state index contributed by atoms with van der Waals surface area (Å²) in [6, 6.07) is 5.41. The fraction of sp³-hybridized carbons (Fsp3) is 0.357. The van der Waals surface area contributed by atoms with Crippen LogP contribution in [-0.2, 0) is 0 Å². The number of hydrogen-bond donors (Lipinski definition) is 1. The molecule has 0 unspecified atom stereocenters. The van der Waals surface area contributed by atoms with E-state index in [1.165, 1.54) is 6.42 Å². The SMILES string of the molecule is O=C(c1[nH]c2ccc(Cl)cc2c1Cl)N1CCCCC1. The minimum absolute atomic E-state index is 0.0166. The van der Waals surface area contributed by atoms with Gasteiger partial charge in [-0.2, -0.15) is 0 Å². The minimum atomic E-state index is -0.0166. The normalized spacial score (nSPS) is 16.0. The highest BCUT2D eigenvalue weighted by molar-refractivity contribution is 6.39. The van der Waals surface area contributed by atoms with E-state index in [1.807, 2.05) is 11.0 Å². The van der Waals surface area contributed by atoms with Crippen LogP contribution in [0.25, 0.3) is 10.9 Å². The van der Waals surface area contributed by atoms with Gasteiger partial charge in [0.15, 0.2) is 0 Å². The number of nitrogens with zero attached hydrogens (tertiary/aromatic N) is 1. The maximum absolute atomic E-state index is 12.5. The van der Waals surface area contributed by atoms with Crippen molar-refractivity contribution in [2.75, 3.05) is 13.1 Å². The van der Waals surface area contributed by atoms with Crippen LogP contribution in [0.1, 0.15) is 29.8 Å². The van der Waals surface area contributed by atoms with Gasteiger partial charge >= 0.3 is 0 Å². The van der Waals surface area contributed by atoms with E-state index in [2.05, 4.69) is 4.98 Å². The molecule has 1 saturated heterocycles. The van der Waals surface area contributed by atoms with E-state index < -0.39 is 0 Å². The highest BCUT2D eigenvalue weighted by atomic mass is 35.5. The van der Waals surface area contributed by atoms with Crippen LogP contribution < -0.4 is 0 Å². The quantitative estimate of drug-likeness (QED) is 0.845. The molecule has 1 amide bonds. The van der Waals surface area contributed by atoms with Gasteiger partial charge in [-0.1, -0.05) is 23.2 Å². The molecule has 3 rings (SSSR count).